The van der Waals surface area contributed by atoms with Crippen LogP contribution in [-0.2, 0) is 24.6 Å². The standard InChI is InChI=1S/C15H27N3O/c1-5-12-10-13(18(4)17-12)11-14(16-3)15(2)8-6-7-9-19-15/h10,14,16H,5-9,11H2,1-4H3. The summed E-state index contributed by atoms with van der Waals surface area (Å²) in [6.07, 6.45) is 5.55. The Morgan fingerprint density at radius 1 is 1.53 bits per heavy atom. The maximum atomic E-state index is 6.07. The van der Waals surface area contributed by atoms with Gasteiger partial charge in [-0.2, -0.15) is 5.10 Å². The number of hydrogen-bond donors (Lipinski definition) is 1. The molecule has 2 rings (SSSR count). The van der Waals surface area contributed by atoms with E-state index < -0.39 is 0 Å². The molecule has 0 amide bonds. The Morgan fingerprint density at radius 2 is 2.32 bits per heavy atom. The molecule has 1 aliphatic heterocycles. The molecule has 108 valence electrons. The normalized spacial score (nSPS) is 25.5. The lowest BCUT2D eigenvalue weighted by Gasteiger charge is -2.40. The second-order valence-corrected chi connectivity index (χ2v) is 5.77. The van der Waals surface area contributed by atoms with Crippen molar-refractivity contribution in [2.75, 3.05) is 13.7 Å². The van der Waals surface area contributed by atoms with Crippen LogP contribution >= 0.6 is 0 Å². The molecule has 4 nitrogen and oxygen atoms in total. The lowest BCUT2D eigenvalue weighted by Crippen LogP contribution is -2.52. The molecule has 0 radical (unpaired) electrons. The van der Waals surface area contributed by atoms with Gasteiger partial charge in [-0.25, -0.2) is 0 Å². The van der Waals surface area contributed by atoms with Crippen LogP contribution in [0.5, 0.6) is 0 Å². The van der Waals surface area contributed by atoms with Crippen molar-refractivity contribution in [1.82, 2.24) is 15.1 Å². The van der Waals surface area contributed by atoms with E-state index in [4.69, 9.17) is 4.74 Å². The number of rotatable bonds is 5. The smallest absolute Gasteiger partial charge is 0.0810 e. The molecule has 19 heavy (non-hydrogen) atoms. The van der Waals surface area contributed by atoms with Crippen molar-refractivity contribution in [3.05, 3.63) is 17.5 Å². The van der Waals surface area contributed by atoms with E-state index in [0.29, 0.717) is 6.04 Å². The monoisotopic (exact) mass is 265 g/mol. The molecule has 4 heteroatoms. The molecule has 0 saturated carbocycles. The van der Waals surface area contributed by atoms with Crippen molar-refractivity contribution in [1.29, 1.82) is 0 Å². The van der Waals surface area contributed by atoms with Crippen LogP contribution in [0.4, 0.5) is 0 Å². The first kappa shape index (κ1) is 14.5. The fourth-order valence-electron chi connectivity index (χ4n) is 3.00. The zero-order valence-corrected chi connectivity index (χ0v) is 12.7. The molecule has 0 spiro atoms. The van der Waals surface area contributed by atoms with Crippen LogP contribution in [0, 0.1) is 0 Å². The highest BCUT2D eigenvalue weighted by Crippen LogP contribution is 2.29. The van der Waals surface area contributed by atoms with Gasteiger partial charge in [0.05, 0.1) is 11.3 Å². The highest BCUT2D eigenvalue weighted by molar-refractivity contribution is 5.13. The van der Waals surface area contributed by atoms with E-state index in [1.807, 2.05) is 18.8 Å². The molecule has 2 heterocycles. The van der Waals surface area contributed by atoms with E-state index in [0.717, 1.165) is 25.9 Å². The number of aryl methyl sites for hydroxylation is 2. The lowest BCUT2D eigenvalue weighted by atomic mass is 9.85. The van der Waals surface area contributed by atoms with Gasteiger partial charge in [0, 0.05) is 31.8 Å². The summed E-state index contributed by atoms with van der Waals surface area (Å²) < 4.78 is 8.08. The van der Waals surface area contributed by atoms with Gasteiger partial charge in [0.1, 0.15) is 0 Å². The molecule has 0 aliphatic carbocycles. The Hall–Kier alpha value is -0.870. The SMILES string of the molecule is CCc1cc(CC(NC)C2(C)CCCCO2)n(C)n1. The number of aromatic nitrogens is 2. The minimum Gasteiger partial charge on any atom is -0.374 e. The van der Waals surface area contributed by atoms with Crippen LogP contribution in [0.3, 0.4) is 0 Å². The Balaban J connectivity index is 2.11. The van der Waals surface area contributed by atoms with Gasteiger partial charge in [-0.1, -0.05) is 6.92 Å². The Kier molecular flexibility index (Phi) is 4.63. The molecule has 2 atom stereocenters. The third-order valence-electron chi connectivity index (χ3n) is 4.39. The highest BCUT2D eigenvalue weighted by Gasteiger charge is 2.36. The summed E-state index contributed by atoms with van der Waals surface area (Å²) in [7, 11) is 4.07. The number of nitrogens with one attached hydrogen (secondary N) is 1. The molecule has 1 aromatic heterocycles. The topological polar surface area (TPSA) is 39.1 Å². The van der Waals surface area contributed by atoms with Gasteiger partial charge >= 0.3 is 0 Å². The zero-order chi connectivity index (χ0) is 13.9. The second-order valence-electron chi connectivity index (χ2n) is 5.77. The average Bonchev–Trinajstić information content (AvgIpc) is 2.77. The van der Waals surface area contributed by atoms with E-state index in [2.05, 4.69) is 30.3 Å². The summed E-state index contributed by atoms with van der Waals surface area (Å²) in [5, 5.41) is 7.98. The van der Waals surface area contributed by atoms with Gasteiger partial charge in [-0.05, 0) is 45.7 Å². The second kappa shape index (κ2) is 6.06. The van der Waals surface area contributed by atoms with Crippen LogP contribution in [-0.4, -0.2) is 35.1 Å². The molecule has 1 N–H and O–H groups in total. The summed E-state index contributed by atoms with van der Waals surface area (Å²) in [5.41, 5.74) is 2.40. The molecule has 1 fully saturated rings. The molecule has 1 aromatic rings. The predicted octanol–water partition coefficient (Wildman–Crippen LogP) is 2.07. The van der Waals surface area contributed by atoms with Crippen molar-refractivity contribution in [2.24, 2.45) is 7.05 Å². The van der Waals surface area contributed by atoms with Gasteiger partial charge < -0.3 is 10.1 Å². The van der Waals surface area contributed by atoms with Gasteiger partial charge in [0.2, 0.25) is 0 Å². The predicted molar refractivity (Wildman–Crippen MR) is 77.3 cm³/mol. The Bertz CT molecular complexity index is 408. The fraction of sp³-hybridized carbons (Fsp3) is 0.800. The van der Waals surface area contributed by atoms with Gasteiger partial charge in [0.25, 0.3) is 0 Å². The molecule has 1 saturated heterocycles. The van der Waals surface area contributed by atoms with Gasteiger partial charge in [-0.3, -0.25) is 4.68 Å². The zero-order valence-electron chi connectivity index (χ0n) is 12.7. The summed E-state index contributed by atoms with van der Waals surface area (Å²) >= 11 is 0. The van der Waals surface area contributed by atoms with Crippen LogP contribution in [0.15, 0.2) is 6.07 Å². The lowest BCUT2D eigenvalue weighted by molar-refractivity contribution is -0.0873. The minimum absolute atomic E-state index is 0.0519. The van der Waals surface area contributed by atoms with Crippen molar-refractivity contribution in [3.8, 4) is 0 Å². The minimum atomic E-state index is -0.0519. The van der Waals surface area contributed by atoms with Gasteiger partial charge in [-0.15, -0.1) is 0 Å². The van der Waals surface area contributed by atoms with Crippen LogP contribution in [0.25, 0.3) is 0 Å². The largest absolute Gasteiger partial charge is 0.374 e. The summed E-state index contributed by atoms with van der Waals surface area (Å²) in [6, 6.07) is 2.56. The summed E-state index contributed by atoms with van der Waals surface area (Å²) in [5.74, 6) is 0. The molecule has 0 bridgehead atoms. The number of hydrogen-bond acceptors (Lipinski definition) is 3. The average molecular weight is 265 g/mol. The summed E-state index contributed by atoms with van der Waals surface area (Å²) in [4.78, 5) is 0. The van der Waals surface area contributed by atoms with E-state index in [1.165, 1.54) is 24.2 Å². The van der Waals surface area contributed by atoms with Gasteiger partial charge in [0.15, 0.2) is 0 Å². The first-order chi connectivity index (χ1) is 9.09. The van der Waals surface area contributed by atoms with E-state index >= 15 is 0 Å². The highest BCUT2D eigenvalue weighted by atomic mass is 16.5. The molecule has 1 aliphatic rings. The first-order valence-corrected chi connectivity index (χ1v) is 7.42. The summed E-state index contributed by atoms with van der Waals surface area (Å²) in [6.45, 7) is 5.28. The van der Waals surface area contributed by atoms with Crippen molar-refractivity contribution < 1.29 is 4.74 Å². The molecule has 0 aromatic carbocycles. The maximum absolute atomic E-state index is 6.07. The maximum Gasteiger partial charge on any atom is 0.0810 e. The van der Waals surface area contributed by atoms with Crippen LogP contribution in [0.2, 0.25) is 0 Å². The third kappa shape index (κ3) is 3.18. The Labute approximate surface area is 116 Å². The number of likely N-dealkylation sites (N-methyl/N-ethyl adjacent to an activating group) is 1. The van der Waals surface area contributed by atoms with Crippen molar-refractivity contribution in [3.63, 3.8) is 0 Å². The van der Waals surface area contributed by atoms with Crippen LogP contribution < -0.4 is 5.32 Å². The van der Waals surface area contributed by atoms with E-state index in [1.54, 1.807) is 0 Å². The van der Waals surface area contributed by atoms with E-state index in [9.17, 15) is 0 Å². The van der Waals surface area contributed by atoms with Crippen molar-refractivity contribution >= 4 is 0 Å². The number of nitrogens with zero attached hydrogens (tertiary/aromatic N) is 2. The fourth-order valence-corrected chi connectivity index (χ4v) is 3.00. The number of ether oxygens (including phenoxy) is 1. The van der Waals surface area contributed by atoms with E-state index in [-0.39, 0.29) is 5.60 Å². The third-order valence-corrected chi connectivity index (χ3v) is 4.39. The van der Waals surface area contributed by atoms with Crippen LogP contribution in [0.1, 0.15) is 44.5 Å². The quantitative estimate of drug-likeness (QED) is 0.886. The van der Waals surface area contributed by atoms with Crippen molar-refractivity contribution in [2.45, 2.75) is 57.6 Å². The Morgan fingerprint density at radius 3 is 2.84 bits per heavy atom. The first-order valence-electron chi connectivity index (χ1n) is 7.42. The molecule has 2 unspecified atom stereocenters. The molecular formula is C15H27N3O. The molecular weight excluding hydrogens is 238 g/mol.